The van der Waals surface area contributed by atoms with Gasteiger partial charge in [0.25, 0.3) is 0 Å². The maximum absolute atomic E-state index is 12.0. The Labute approximate surface area is 165 Å². The number of carbonyl (C=O) groups excluding carboxylic acids is 3. The normalized spacial score (nSPS) is 15.2. The van der Waals surface area contributed by atoms with Crippen LogP contribution in [0.3, 0.4) is 0 Å². The molecular formula is C21H28O7. The van der Waals surface area contributed by atoms with Gasteiger partial charge in [0.05, 0.1) is 0 Å². The van der Waals surface area contributed by atoms with Crippen LogP contribution in [0, 0.1) is 0 Å². The Morgan fingerprint density at radius 3 is 2.18 bits per heavy atom. The average Bonchev–Trinajstić information content (AvgIpc) is 2.62. The lowest BCUT2D eigenvalue weighted by Crippen LogP contribution is -2.31. The highest BCUT2D eigenvalue weighted by atomic mass is 16.6. The molecule has 1 aliphatic rings. The molecular weight excluding hydrogens is 364 g/mol. The van der Waals surface area contributed by atoms with Crippen molar-refractivity contribution < 1.29 is 33.3 Å². The summed E-state index contributed by atoms with van der Waals surface area (Å²) in [6.07, 6.45) is 2.83. The highest BCUT2D eigenvalue weighted by molar-refractivity contribution is 5.75. The fourth-order valence-electron chi connectivity index (χ4n) is 2.83. The van der Waals surface area contributed by atoms with Crippen LogP contribution in [0.5, 0.6) is 17.2 Å². The van der Waals surface area contributed by atoms with Crippen LogP contribution in [0.2, 0.25) is 0 Å². The molecule has 1 aliphatic heterocycles. The van der Waals surface area contributed by atoms with E-state index in [0.717, 1.165) is 0 Å². The van der Waals surface area contributed by atoms with E-state index in [9.17, 15) is 14.4 Å². The van der Waals surface area contributed by atoms with Crippen molar-refractivity contribution in [3.63, 3.8) is 0 Å². The predicted molar refractivity (Wildman–Crippen MR) is 102 cm³/mol. The number of hydrogen-bond donors (Lipinski definition) is 0. The maximum atomic E-state index is 12.0. The van der Waals surface area contributed by atoms with Gasteiger partial charge in [0, 0.05) is 43.4 Å². The fourth-order valence-corrected chi connectivity index (χ4v) is 2.83. The molecule has 0 aliphatic carbocycles. The highest BCUT2D eigenvalue weighted by Gasteiger charge is 2.28. The summed E-state index contributed by atoms with van der Waals surface area (Å²) in [6, 6.07) is 3.11. The summed E-state index contributed by atoms with van der Waals surface area (Å²) in [5, 5.41) is 0. The number of carbonyl (C=O) groups is 3. The highest BCUT2D eigenvalue weighted by Crippen LogP contribution is 2.38. The Balaban J connectivity index is 2.24. The Morgan fingerprint density at radius 2 is 1.54 bits per heavy atom. The minimum Gasteiger partial charge on any atom is -0.489 e. The molecule has 0 bridgehead atoms. The van der Waals surface area contributed by atoms with Crippen molar-refractivity contribution >= 4 is 17.9 Å². The molecule has 0 spiro atoms. The van der Waals surface area contributed by atoms with E-state index < -0.39 is 6.10 Å². The van der Waals surface area contributed by atoms with E-state index in [0.29, 0.717) is 49.8 Å². The van der Waals surface area contributed by atoms with Gasteiger partial charge in [0.2, 0.25) is 0 Å². The Morgan fingerprint density at radius 1 is 0.929 bits per heavy atom. The van der Waals surface area contributed by atoms with Crippen molar-refractivity contribution in [1.29, 1.82) is 0 Å². The monoisotopic (exact) mass is 392 g/mol. The molecule has 0 saturated heterocycles. The van der Waals surface area contributed by atoms with Crippen LogP contribution in [0.4, 0.5) is 0 Å². The van der Waals surface area contributed by atoms with Gasteiger partial charge in [-0.25, -0.2) is 0 Å². The first-order valence-corrected chi connectivity index (χ1v) is 9.87. The Hall–Kier alpha value is -2.57. The van der Waals surface area contributed by atoms with E-state index in [2.05, 4.69) is 0 Å². The molecule has 28 heavy (non-hydrogen) atoms. The van der Waals surface area contributed by atoms with Crippen molar-refractivity contribution in [3.8, 4) is 17.2 Å². The lowest BCUT2D eigenvalue weighted by molar-refractivity contribution is -0.151. The molecule has 0 saturated carbocycles. The van der Waals surface area contributed by atoms with E-state index in [4.69, 9.17) is 18.9 Å². The molecule has 154 valence electrons. The van der Waals surface area contributed by atoms with Crippen LogP contribution < -0.4 is 14.2 Å². The third-order valence-electron chi connectivity index (χ3n) is 4.11. The number of hydrogen-bond acceptors (Lipinski definition) is 7. The summed E-state index contributed by atoms with van der Waals surface area (Å²) >= 11 is 0. The van der Waals surface area contributed by atoms with Gasteiger partial charge in [-0.15, -0.1) is 0 Å². The quantitative estimate of drug-likeness (QED) is 0.467. The van der Waals surface area contributed by atoms with E-state index in [1.165, 1.54) is 6.07 Å². The van der Waals surface area contributed by atoms with Gasteiger partial charge in [-0.2, -0.15) is 0 Å². The maximum Gasteiger partial charge on any atom is 0.311 e. The summed E-state index contributed by atoms with van der Waals surface area (Å²) < 4.78 is 22.0. The molecule has 7 heteroatoms. The van der Waals surface area contributed by atoms with E-state index in [-0.39, 0.29) is 42.4 Å². The molecule has 0 aromatic heterocycles. The average molecular weight is 392 g/mol. The summed E-state index contributed by atoms with van der Waals surface area (Å²) in [4.78, 5) is 35.6. The van der Waals surface area contributed by atoms with Crippen molar-refractivity contribution in [3.05, 3.63) is 17.7 Å². The fraction of sp³-hybridized carbons (Fsp3) is 0.571. The lowest BCUT2D eigenvalue weighted by Gasteiger charge is -2.27. The lowest BCUT2D eigenvalue weighted by atomic mass is 10.0. The van der Waals surface area contributed by atoms with Crippen molar-refractivity contribution in [2.45, 2.75) is 71.8 Å². The van der Waals surface area contributed by atoms with Gasteiger partial charge < -0.3 is 18.9 Å². The van der Waals surface area contributed by atoms with Gasteiger partial charge >= 0.3 is 17.9 Å². The Kier molecular flexibility index (Phi) is 8.29. The van der Waals surface area contributed by atoms with Gasteiger partial charge in [-0.05, 0) is 19.3 Å². The van der Waals surface area contributed by atoms with Gasteiger partial charge in [-0.1, -0.05) is 20.8 Å². The topological polar surface area (TPSA) is 88.1 Å². The minimum atomic E-state index is -0.455. The van der Waals surface area contributed by atoms with Crippen molar-refractivity contribution in [2.24, 2.45) is 0 Å². The molecule has 7 nitrogen and oxygen atoms in total. The summed E-state index contributed by atoms with van der Waals surface area (Å²) in [5.41, 5.74) is 0.625. The zero-order valence-corrected chi connectivity index (χ0v) is 16.7. The van der Waals surface area contributed by atoms with E-state index in [1.54, 1.807) is 6.07 Å². The van der Waals surface area contributed by atoms with Crippen molar-refractivity contribution in [1.82, 2.24) is 0 Å². The van der Waals surface area contributed by atoms with Gasteiger partial charge in [0.15, 0.2) is 0 Å². The molecule has 1 unspecified atom stereocenters. The zero-order valence-electron chi connectivity index (χ0n) is 16.7. The zero-order chi connectivity index (χ0) is 20.5. The largest absolute Gasteiger partial charge is 0.489 e. The second-order valence-electron chi connectivity index (χ2n) is 6.72. The van der Waals surface area contributed by atoms with Crippen LogP contribution in [-0.4, -0.2) is 30.6 Å². The second kappa shape index (κ2) is 10.7. The van der Waals surface area contributed by atoms with E-state index in [1.807, 2.05) is 20.8 Å². The van der Waals surface area contributed by atoms with Crippen LogP contribution >= 0.6 is 0 Å². The smallest absolute Gasteiger partial charge is 0.311 e. The number of ether oxygens (including phenoxy) is 4. The predicted octanol–water partition coefficient (Wildman–Crippen LogP) is 3.74. The number of fused-ring (bicyclic) bond motifs is 1. The third kappa shape index (κ3) is 6.25. The SMILES string of the molecule is CCCC(=O)Oc1cc2c(c(OC(=O)CCC)c1)CC(OC(=O)CCC)CO2. The molecule has 1 aromatic rings. The first-order valence-electron chi connectivity index (χ1n) is 9.87. The first kappa shape index (κ1) is 21.7. The van der Waals surface area contributed by atoms with Gasteiger partial charge in [-0.3, -0.25) is 14.4 Å². The molecule has 1 heterocycles. The third-order valence-corrected chi connectivity index (χ3v) is 4.11. The minimum absolute atomic E-state index is 0.192. The summed E-state index contributed by atoms with van der Waals surface area (Å²) in [6.45, 7) is 5.86. The van der Waals surface area contributed by atoms with E-state index >= 15 is 0 Å². The first-order chi connectivity index (χ1) is 13.5. The van der Waals surface area contributed by atoms with Crippen LogP contribution in [-0.2, 0) is 25.5 Å². The molecule has 0 fully saturated rings. The summed E-state index contributed by atoms with van der Waals surface area (Å²) in [7, 11) is 0. The molecule has 0 amide bonds. The molecule has 0 radical (unpaired) electrons. The molecule has 1 aromatic carbocycles. The molecule has 1 atom stereocenters. The van der Waals surface area contributed by atoms with Crippen LogP contribution in [0.15, 0.2) is 12.1 Å². The number of benzene rings is 1. The van der Waals surface area contributed by atoms with Crippen LogP contribution in [0.25, 0.3) is 0 Å². The van der Waals surface area contributed by atoms with Crippen LogP contribution in [0.1, 0.15) is 64.9 Å². The number of esters is 3. The molecule has 2 rings (SSSR count). The summed E-state index contributed by atoms with van der Waals surface area (Å²) in [5.74, 6) is -0.0372. The van der Waals surface area contributed by atoms with Crippen molar-refractivity contribution in [2.75, 3.05) is 6.61 Å². The Bertz CT molecular complexity index is 711. The molecule has 0 N–H and O–H groups in total. The second-order valence-corrected chi connectivity index (χ2v) is 6.72. The standard InChI is InChI=1S/C21H28O7/c1-4-7-19(22)26-14-11-17-16(18(12-14)28-21(24)9-6-3)10-15(13-25-17)27-20(23)8-5-2/h11-12,15H,4-10,13H2,1-3H3. The van der Waals surface area contributed by atoms with Gasteiger partial charge in [0.1, 0.15) is 30.0 Å². The number of rotatable bonds is 9.